The highest BCUT2D eigenvalue weighted by atomic mass is 16.5. The third-order valence-electron chi connectivity index (χ3n) is 3.32. The Bertz CT molecular complexity index is 165. The van der Waals surface area contributed by atoms with E-state index in [1.54, 1.807) is 0 Å². The maximum atomic E-state index is 5.77. The zero-order chi connectivity index (χ0) is 14.2. The largest absolute Gasteiger partial charge is 0.379 e. The molecule has 3 heteroatoms. The second-order valence-corrected chi connectivity index (χ2v) is 5.07. The summed E-state index contributed by atoms with van der Waals surface area (Å²) in [4.78, 5) is 0. The van der Waals surface area contributed by atoms with Crippen molar-refractivity contribution >= 4 is 0 Å². The topological polar surface area (TPSA) is 30.5 Å². The van der Waals surface area contributed by atoms with Gasteiger partial charge < -0.3 is 14.8 Å². The Kier molecular flexibility index (Phi) is 15.8. The smallest absolute Gasteiger partial charge is 0.0704 e. The molecule has 0 saturated heterocycles. The molecule has 0 aromatic carbocycles. The van der Waals surface area contributed by atoms with E-state index in [1.165, 1.54) is 38.5 Å². The van der Waals surface area contributed by atoms with Crippen molar-refractivity contribution in [2.75, 3.05) is 32.9 Å². The van der Waals surface area contributed by atoms with Gasteiger partial charge in [-0.2, -0.15) is 0 Å². The summed E-state index contributed by atoms with van der Waals surface area (Å²) in [6.45, 7) is 10.7. The molecule has 0 amide bonds. The van der Waals surface area contributed by atoms with Gasteiger partial charge in [0, 0.05) is 13.2 Å². The van der Waals surface area contributed by atoms with Crippen LogP contribution in [0.15, 0.2) is 0 Å². The SMILES string of the molecule is CCCCCCCCNCC(CC)OCCOCC. The van der Waals surface area contributed by atoms with E-state index < -0.39 is 0 Å². The molecule has 0 heterocycles. The van der Waals surface area contributed by atoms with Crippen molar-refractivity contribution in [1.29, 1.82) is 0 Å². The summed E-state index contributed by atoms with van der Waals surface area (Å²) in [6, 6.07) is 0. The average Bonchev–Trinajstić information content (AvgIpc) is 2.44. The van der Waals surface area contributed by atoms with Crippen LogP contribution >= 0.6 is 0 Å². The normalized spacial score (nSPS) is 12.8. The molecule has 0 aliphatic rings. The van der Waals surface area contributed by atoms with Gasteiger partial charge in [-0.3, -0.25) is 0 Å². The first kappa shape index (κ1) is 18.9. The van der Waals surface area contributed by atoms with Gasteiger partial charge in [-0.15, -0.1) is 0 Å². The number of hydrogen-bond acceptors (Lipinski definition) is 3. The van der Waals surface area contributed by atoms with E-state index in [0.29, 0.717) is 19.3 Å². The number of rotatable bonds is 15. The molecule has 0 rings (SSSR count). The van der Waals surface area contributed by atoms with E-state index in [-0.39, 0.29) is 0 Å². The summed E-state index contributed by atoms with van der Waals surface area (Å²) < 4.78 is 11.0. The molecule has 1 N–H and O–H groups in total. The van der Waals surface area contributed by atoms with Crippen LogP contribution in [0, 0.1) is 0 Å². The number of nitrogens with one attached hydrogen (secondary N) is 1. The first-order valence-electron chi connectivity index (χ1n) is 8.25. The van der Waals surface area contributed by atoms with Crippen molar-refractivity contribution in [2.24, 2.45) is 0 Å². The standard InChI is InChI=1S/C16H35NO2/c1-4-7-8-9-10-11-12-17-15-16(5-2)19-14-13-18-6-3/h16-17H,4-15H2,1-3H3. The third kappa shape index (κ3) is 14.1. The zero-order valence-corrected chi connectivity index (χ0v) is 13.4. The Morgan fingerprint density at radius 2 is 1.63 bits per heavy atom. The molecular formula is C16H35NO2. The van der Waals surface area contributed by atoms with Gasteiger partial charge in [0.15, 0.2) is 0 Å². The lowest BCUT2D eigenvalue weighted by Crippen LogP contribution is -2.30. The maximum absolute atomic E-state index is 5.77. The summed E-state index contributed by atoms with van der Waals surface area (Å²) >= 11 is 0. The van der Waals surface area contributed by atoms with E-state index in [0.717, 1.165) is 26.1 Å². The first-order valence-corrected chi connectivity index (χ1v) is 8.25. The van der Waals surface area contributed by atoms with E-state index in [1.807, 2.05) is 6.92 Å². The van der Waals surface area contributed by atoms with E-state index >= 15 is 0 Å². The van der Waals surface area contributed by atoms with E-state index in [9.17, 15) is 0 Å². The van der Waals surface area contributed by atoms with Crippen LogP contribution < -0.4 is 5.32 Å². The summed E-state index contributed by atoms with van der Waals surface area (Å²) in [6.07, 6.45) is 9.55. The minimum atomic E-state index is 0.334. The van der Waals surface area contributed by atoms with Crippen LogP contribution in [-0.2, 0) is 9.47 Å². The van der Waals surface area contributed by atoms with Crippen LogP contribution in [0.3, 0.4) is 0 Å². The number of unbranched alkanes of at least 4 members (excludes halogenated alkanes) is 5. The molecule has 0 spiro atoms. The van der Waals surface area contributed by atoms with Crippen molar-refractivity contribution in [2.45, 2.75) is 71.8 Å². The van der Waals surface area contributed by atoms with Crippen molar-refractivity contribution in [3.63, 3.8) is 0 Å². The lowest BCUT2D eigenvalue weighted by molar-refractivity contribution is 0.00657. The highest BCUT2D eigenvalue weighted by Crippen LogP contribution is 2.04. The maximum Gasteiger partial charge on any atom is 0.0704 e. The Labute approximate surface area is 120 Å². The predicted molar refractivity (Wildman–Crippen MR) is 82.8 cm³/mol. The van der Waals surface area contributed by atoms with Crippen LogP contribution in [0.2, 0.25) is 0 Å². The molecular weight excluding hydrogens is 238 g/mol. The van der Waals surface area contributed by atoms with Crippen molar-refractivity contribution in [3.05, 3.63) is 0 Å². The lowest BCUT2D eigenvalue weighted by atomic mass is 10.1. The fourth-order valence-electron chi connectivity index (χ4n) is 2.03. The molecule has 0 aliphatic heterocycles. The second kappa shape index (κ2) is 15.9. The Balaban J connectivity index is 3.26. The van der Waals surface area contributed by atoms with E-state index in [2.05, 4.69) is 19.2 Å². The molecule has 116 valence electrons. The third-order valence-corrected chi connectivity index (χ3v) is 3.32. The second-order valence-electron chi connectivity index (χ2n) is 5.07. The minimum Gasteiger partial charge on any atom is -0.379 e. The number of hydrogen-bond donors (Lipinski definition) is 1. The summed E-state index contributed by atoms with van der Waals surface area (Å²) in [5.74, 6) is 0. The zero-order valence-electron chi connectivity index (χ0n) is 13.4. The Morgan fingerprint density at radius 3 is 2.32 bits per heavy atom. The molecule has 0 radical (unpaired) electrons. The van der Waals surface area contributed by atoms with Crippen LogP contribution in [-0.4, -0.2) is 39.0 Å². The highest BCUT2D eigenvalue weighted by Gasteiger charge is 2.05. The van der Waals surface area contributed by atoms with Gasteiger partial charge in [0.05, 0.1) is 19.3 Å². The Morgan fingerprint density at radius 1 is 0.895 bits per heavy atom. The fraction of sp³-hybridized carbons (Fsp3) is 1.00. The van der Waals surface area contributed by atoms with Crippen LogP contribution in [0.25, 0.3) is 0 Å². The summed E-state index contributed by atoms with van der Waals surface area (Å²) in [5.41, 5.74) is 0. The molecule has 0 aromatic heterocycles. The molecule has 19 heavy (non-hydrogen) atoms. The van der Waals surface area contributed by atoms with E-state index in [4.69, 9.17) is 9.47 Å². The summed E-state index contributed by atoms with van der Waals surface area (Å²) in [5, 5.41) is 3.50. The molecule has 0 bridgehead atoms. The quantitative estimate of drug-likeness (QED) is 0.461. The molecule has 1 atom stereocenters. The van der Waals surface area contributed by atoms with Gasteiger partial charge in [0.1, 0.15) is 0 Å². The number of ether oxygens (including phenoxy) is 2. The van der Waals surface area contributed by atoms with Gasteiger partial charge in [0.25, 0.3) is 0 Å². The minimum absolute atomic E-state index is 0.334. The van der Waals surface area contributed by atoms with Gasteiger partial charge in [-0.25, -0.2) is 0 Å². The molecule has 1 unspecified atom stereocenters. The van der Waals surface area contributed by atoms with Crippen LogP contribution in [0.5, 0.6) is 0 Å². The lowest BCUT2D eigenvalue weighted by Gasteiger charge is -2.16. The first-order chi connectivity index (χ1) is 9.35. The van der Waals surface area contributed by atoms with Gasteiger partial charge >= 0.3 is 0 Å². The highest BCUT2D eigenvalue weighted by molar-refractivity contribution is 4.60. The predicted octanol–water partition coefficient (Wildman–Crippen LogP) is 3.77. The van der Waals surface area contributed by atoms with Gasteiger partial charge in [-0.1, -0.05) is 46.0 Å². The monoisotopic (exact) mass is 273 g/mol. The average molecular weight is 273 g/mol. The molecule has 3 nitrogen and oxygen atoms in total. The Hall–Kier alpha value is -0.120. The molecule has 0 saturated carbocycles. The summed E-state index contributed by atoms with van der Waals surface area (Å²) in [7, 11) is 0. The van der Waals surface area contributed by atoms with Crippen molar-refractivity contribution in [1.82, 2.24) is 5.32 Å². The van der Waals surface area contributed by atoms with Crippen LogP contribution in [0.1, 0.15) is 65.7 Å². The van der Waals surface area contributed by atoms with Gasteiger partial charge in [-0.05, 0) is 26.3 Å². The molecule has 0 aliphatic carbocycles. The molecule has 0 aromatic rings. The van der Waals surface area contributed by atoms with Crippen molar-refractivity contribution < 1.29 is 9.47 Å². The fourth-order valence-corrected chi connectivity index (χ4v) is 2.03. The molecule has 0 fully saturated rings. The van der Waals surface area contributed by atoms with Crippen LogP contribution in [0.4, 0.5) is 0 Å². The van der Waals surface area contributed by atoms with Gasteiger partial charge in [0.2, 0.25) is 0 Å². The van der Waals surface area contributed by atoms with Crippen molar-refractivity contribution in [3.8, 4) is 0 Å².